The predicted octanol–water partition coefficient (Wildman–Crippen LogP) is 0.666. The summed E-state index contributed by atoms with van der Waals surface area (Å²) < 4.78 is 2.85. The minimum absolute atomic E-state index is 0.214. The number of rotatable bonds is 7. The molecule has 0 aromatic carbocycles. The van der Waals surface area contributed by atoms with Crippen molar-refractivity contribution >= 4 is 0 Å². The third-order valence-corrected chi connectivity index (χ3v) is 2.77. The summed E-state index contributed by atoms with van der Waals surface area (Å²) in [6, 6.07) is 1.45. The van der Waals surface area contributed by atoms with Crippen LogP contribution in [-0.4, -0.2) is 22.2 Å². The molecule has 0 spiro atoms. The first-order valence-electron chi connectivity index (χ1n) is 6.57. The van der Waals surface area contributed by atoms with E-state index in [2.05, 4.69) is 19.2 Å². The zero-order valence-corrected chi connectivity index (χ0v) is 11.5. The van der Waals surface area contributed by atoms with Crippen molar-refractivity contribution in [2.24, 2.45) is 5.92 Å². The van der Waals surface area contributed by atoms with E-state index in [1.165, 1.54) is 10.6 Å². The minimum atomic E-state index is -0.214. The van der Waals surface area contributed by atoms with Gasteiger partial charge in [-0.3, -0.25) is 9.36 Å². The van der Waals surface area contributed by atoms with Gasteiger partial charge in [0.25, 0.3) is 5.56 Å². The van der Waals surface area contributed by atoms with E-state index < -0.39 is 0 Å². The summed E-state index contributed by atoms with van der Waals surface area (Å²) in [5, 5.41) is 3.30. The zero-order chi connectivity index (χ0) is 13.5. The Labute approximate surface area is 107 Å². The van der Waals surface area contributed by atoms with Crippen LogP contribution in [0, 0.1) is 5.92 Å². The fourth-order valence-corrected chi connectivity index (χ4v) is 1.76. The van der Waals surface area contributed by atoms with Gasteiger partial charge in [0.05, 0.1) is 0 Å². The molecule has 18 heavy (non-hydrogen) atoms. The molecule has 5 heteroatoms. The van der Waals surface area contributed by atoms with Gasteiger partial charge in [-0.1, -0.05) is 13.8 Å². The number of hydrogen-bond acceptors (Lipinski definition) is 3. The Bertz CT molecular complexity index is 474. The summed E-state index contributed by atoms with van der Waals surface area (Å²) in [7, 11) is 0. The first-order chi connectivity index (χ1) is 8.56. The molecule has 0 atom stereocenters. The molecule has 0 bridgehead atoms. The highest BCUT2D eigenvalue weighted by molar-refractivity contribution is 4.86. The standard InChI is InChI=1S/C13H23N3O2/c1-4-15-9-6-12(17)16(13(15)18)8-5-7-14-10-11(2)3/h6,9,11,14H,4-5,7-8,10H2,1-3H3. The van der Waals surface area contributed by atoms with Gasteiger partial charge in [-0.2, -0.15) is 0 Å². The first-order valence-corrected chi connectivity index (χ1v) is 6.57. The Morgan fingerprint density at radius 2 is 2.06 bits per heavy atom. The van der Waals surface area contributed by atoms with E-state index in [1.54, 1.807) is 10.8 Å². The number of nitrogens with zero attached hydrogens (tertiary/aromatic N) is 2. The molecule has 0 radical (unpaired) electrons. The maximum absolute atomic E-state index is 11.9. The van der Waals surface area contributed by atoms with Gasteiger partial charge < -0.3 is 9.88 Å². The van der Waals surface area contributed by atoms with Crippen molar-refractivity contribution in [1.29, 1.82) is 0 Å². The summed E-state index contributed by atoms with van der Waals surface area (Å²) in [4.78, 5) is 23.5. The zero-order valence-electron chi connectivity index (χ0n) is 11.5. The van der Waals surface area contributed by atoms with Crippen LogP contribution in [0.25, 0.3) is 0 Å². The highest BCUT2D eigenvalue weighted by atomic mass is 16.2. The lowest BCUT2D eigenvalue weighted by atomic mass is 10.2. The van der Waals surface area contributed by atoms with E-state index in [4.69, 9.17) is 0 Å². The Morgan fingerprint density at radius 3 is 2.67 bits per heavy atom. The molecule has 1 aromatic rings. The van der Waals surface area contributed by atoms with Crippen molar-refractivity contribution in [3.05, 3.63) is 33.1 Å². The second-order valence-electron chi connectivity index (χ2n) is 4.83. The quantitative estimate of drug-likeness (QED) is 0.727. The van der Waals surface area contributed by atoms with E-state index in [1.807, 2.05) is 6.92 Å². The summed E-state index contributed by atoms with van der Waals surface area (Å²) in [6.07, 6.45) is 2.34. The van der Waals surface area contributed by atoms with Crippen LogP contribution in [0.1, 0.15) is 27.2 Å². The summed E-state index contributed by atoms with van der Waals surface area (Å²) >= 11 is 0. The number of aryl methyl sites for hydroxylation is 1. The number of nitrogens with one attached hydrogen (secondary N) is 1. The van der Waals surface area contributed by atoms with Crippen molar-refractivity contribution in [3.8, 4) is 0 Å². The SMILES string of the molecule is CCn1ccc(=O)n(CCCNCC(C)C)c1=O. The topological polar surface area (TPSA) is 56.0 Å². The molecule has 0 unspecified atom stereocenters. The van der Waals surface area contributed by atoms with Crippen molar-refractivity contribution < 1.29 is 0 Å². The summed E-state index contributed by atoms with van der Waals surface area (Å²) in [5.41, 5.74) is -0.428. The lowest BCUT2D eigenvalue weighted by molar-refractivity contribution is 0.498. The average molecular weight is 253 g/mol. The van der Waals surface area contributed by atoms with Gasteiger partial charge in [0.15, 0.2) is 0 Å². The smallest absolute Gasteiger partial charge is 0.316 e. The molecule has 1 N–H and O–H groups in total. The highest BCUT2D eigenvalue weighted by Gasteiger charge is 2.03. The molecular weight excluding hydrogens is 230 g/mol. The average Bonchev–Trinajstić information content (AvgIpc) is 2.32. The van der Waals surface area contributed by atoms with Gasteiger partial charge >= 0.3 is 5.69 Å². The van der Waals surface area contributed by atoms with Gasteiger partial charge in [0.1, 0.15) is 0 Å². The Hall–Kier alpha value is -1.36. The molecule has 1 aromatic heterocycles. The maximum Gasteiger partial charge on any atom is 0.330 e. The molecule has 0 aliphatic rings. The van der Waals surface area contributed by atoms with E-state index in [0.29, 0.717) is 19.0 Å². The maximum atomic E-state index is 11.9. The second kappa shape index (κ2) is 7.16. The normalized spacial score (nSPS) is 11.1. The van der Waals surface area contributed by atoms with Crippen LogP contribution in [0.4, 0.5) is 0 Å². The van der Waals surface area contributed by atoms with Crippen LogP contribution >= 0.6 is 0 Å². The Balaban J connectivity index is 2.57. The van der Waals surface area contributed by atoms with Crippen LogP contribution < -0.4 is 16.6 Å². The molecule has 102 valence electrons. The molecule has 0 saturated heterocycles. The first kappa shape index (κ1) is 14.7. The highest BCUT2D eigenvalue weighted by Crippen LogP contribution is 1.88. The molecule has 5 nitrogen and oxygen atoms in total. The third-order valence-electron chi connectivity index (χ3n) is 2.77. The van der Waals surface area contributed by atoms with Gasteiger partial charge in [0.2, 0.25) is 0 Å². The molecule has 0 aliphatic carbocycles. The molecule has 1 rings (SSSR count). The van der Waals surface area contributed by atoms with Crippen molar-refractivity contribution in [2.45, 2.75) is 40.3 Å². The van der Waals surface area contributed by atoms with E-state index in [-0.39, 0.29) is 11.2 Å². The lowest BCUT2D eigenvalue weighted by Crippen LogP contribution is -2.39. The largest absolute Gasteiger partial charge is 0.330 e. The van der Waals surface area contributed by atoms with Gasteiger partial charge in [-0.05, 0) is 32.4 Å². The second-order valence-corrected chi connectivity index (χ2v) is 4.83. The van der Waals surface area contributed by atoms with E-state index in [9.17, 15) is 9.59 Å². The summed E-state index contributed by atoms with van der Waals surface area (Å²) in [5.74, 6) is 0.613. The molecule has 0 saturated carbocycles. The predicted molar refractivity (Wildman–Crippen MR) is 73.0 cm³/mol. The molecular formula is C13H23N3O2. The monoisotopic (exact) mass is 253 g/mol. The van der Waals surface area contributed by atoms with E-state index >= 15 is 0 Å². The van der Waals surface area contributed by atoms with Gasteiger partial charge in [-0.25, -0.2) is 4.79 Å². The number of hydrogen-bond donors (Lipinski definition) is 1. The van der Waals surface area contributed by atoms with Crippen molar-refractivity contribution in [3.63, 3.8) is 0 Å². The Kier molecular flexibility index (Phi) is 5.85. The molecule has 1 heterocycles. The van der Waals surface area contributed by atoms with Crippen LogP contribution in [-0.2, 0) is 13.1 Å². The fraction of sp³-hybridized carbons (Fsp3) is 0.692. The van der Waals surface area contributed by atoms with Crippen LogP contribution in [0.5, 0.6) is 0 Å². The lowest BCUT2D eigenvalue weighted by Gasteiger charge is -2.09. The summed E-state index contributed by atoms with van der Waals surface area (Å²) in [6.45, 7) is 9.03. The Morgan fingerprint density at radius 1 is 1.33 bits per heavy atom. The minimum Gasteiger partial charge on any atom is -0.316 e. The van der Waals surface area contributed by atoms with Gasteiger partial charge in [0, 0.05) is 25.4 Å². The fourth-order valence-electron chi connectivity index (χ4n) is 1.76. The van der Waals surface area contributed by atoms with Crippen LogP contribution in [0.15, 0.2) is 21.9 Å². The van der Waals surface area contributed by atoms with Crippen molar-refractivity contribution in [2.75, 3.05) is 13.1 Å². The number of aromatic nitrogens is 2. The third kappa shape index (κ3) is 4.14. The van der Waals surface area contributed by atoms with Crippen molar-refractivity contribution in [1.82, 2.24) is 14.5 Å². The van der Waals surface area contributed by atoms with E-state index in [0.717, 1.165) is 19.5 Å². The molecule has 0 fully saturated rings. The molecule has 0 aliphatic heterocycles. The van der Waals surface area contributed by atoms with Gasteiger partial charge in [-0.15, -0.1) is 0 Å². The van der Waals surface area contributed by atoms with Crippen LogP contribution in [0.3, 0.4) is 0 Å². The van der Waals surface area contributed by atoms with Crippen LogP contribution in [0.2, 0.25) is 0 Å². The molecule has 0 amide bonds.